The fourth-order valence-corrected chi connectivity index (χ4v) is 2.03. The zero-order chi connectivity index (χ0) is 11.3. The van der Waals surface area contributed by atoms with E-state index in [9.17, 15) is 5.11 Å². The van der Waals surface area contributed by atoms with E-state index in [0.29, 0.717) is 5.92 Å². The molecule has 1 atom stereocenters. The second kappa shape index (κ2) is 5.92. The summed E-state index contributed by atoms with van der Waals surface area (Å²) in [5.74, 6) is 0.686. The van der Waals surface area contributed by atoms with E-state index >= 15 is 0 Å². The van der Waals surface area contributed by atoms with Gasteiger partial charge in [0.15, 0.2) is 0 Å². The molecular weight excluding hydrogens is 184 g/mol. The molecule has 0 heterocycles. The van der Waals surface area contributed by atoms with E-state index in [1.54, 1.807) is 0 Å². The van der Waals surface area contributed by atoms with E-state index < -0.39 is 0 Å². The summed E-state index contributed by atoms with van der Waals surface area (Å²) in [6.45, 7) is 6.30. The summed E-state index contributed by atoms with van der Waals surface area (Å²) in [6.07, 6.45) is 2.91. The van der Waals surface area contributed by atoms with Gasteiger partial charge >= 0.3 is 0 Å². The smallest absolute Gasteiger partial charge is 0.0552 e. The topological polar surface area (TPSA) is 20.2 Å². The quantitative estimate of drug-likeness (QED) is 0.781. The van der Waals surface area contributed by atoms with Crippen molar-refractivity contribution < 1.29 is 5.11 Å². The molecule has 0 fully saturated rings. The van der Waals surface area contributed by atoms with Crippen molar-refractivity contribution in [2.24, 2.45) is 0 Å². The van der Waals surface area contributed by atoms with Crippen LogP contribution < -0.4 is 0 Å². The van der Waals surface area contributed by atoms with Gasteiger partial charge in [-0.15, -0.1) is 0 Å². The SMILES string of the molecule is CCC(CC)c1ccc(CC(C)O)cc1. The van der Waals surface area contributed by atoms with Crippen molar-refractivity contribution in [3.8, 4) is 0 Å². The maximum absolute atomic E-state index is 9.28. The van der Waals surface area contributed by atoms with Gasteiger partial charge in [-0.05, 0) is 43.2 Å². The Balaban J connectivity index is 2.71. The molecule has 1 heteroatoms. The van der Waals surface area contributed by atoms with E-state index in [-0.39, 0.29) is 6.10 Å². The largest absolute Gasteiger partial charge is 0.393 e. The summed E-state index contributed by atoms with van der Waals surface area (Å²) >= 11 is 0. The summed E-state index contributed by atoms with van der Waals surface area (Å²) < 4.78 is 0. The third-order valence-electron chi connectivity index (χ3n) is 2.97. The molecule has 0 saturated carbocycles. The Morgan fingerprint density at radius 1 is 1.07 bits per heavy atom. The molecule has 0 aliphatic rings. The fraction of sp³-hybridized carbons (Fsp3) is 0.571. The van der Waals surface area contributed by atoms with Gasteiger partial charge < -0.3 is 5.11 Å². The zero-order valence-electron chi connectivity index (χ0n) is 10.0. The lowest BCUT2D eigenvalue weighted by molar-refractivity contribution is 0.195. The summed E-state index contributed by atoms with van der Waals surface area (Å²) in [5.41, 5.74) is 2.65. The number of aliphatic hydroxyl groups is 1. The Hall–Kier alpha value is -0.820. The van der Waals surface area contributed by atoms with Gasteiger partial charge in [0.1, 0.15) is 0 Å². The highest BCUT2D eigenvalue weighted by Gasteiger charge is 2.06. The van der Waals surface area contributed by atoms with Gasteiger partial charge in [-0.3, -0.25) is 0 Å². The van der Waals surface area contributed by atoms with Crippen LogP contribution in [0.5, 0.6) is 0 Å². The first-order valence-electron chi connectivity index (χ1n) is 5.94. The van der Waals surface area contributed by atoms with Gasteiger partial charge in [-0.1, -0.05) is 38.1 Å². The van der Waals surface area contributed by atoms with Gasteiger partial charge in [0.25, 0.3) is 0 Å². The molecule has 0 radical (unpaired) electrons. The van der Waals surface area contributed by atoms with Crippen LogP contribution in [0.25, 0.3) is 0 Å². The zero-order valence-corrected chi connectivity index (χ0v) is 10.0. The number of aliphatic hydroxyl groups excluding tert-OH is 1. The lowest BCUT2D eigenvalue weighted by Crippen LogP contribution is -2.04. The second-order valence-corrected chi connectivity index (χ2v) is 4.31. The Morgan fingerprint density at radius 2 is 1.60 bits per heavy atom. The third-order valence-corrected chi connectivity index (χ3v) is 2.97. The minimum absolute atomic E-state index is 0.246. The van der Waals surface area contributed by atoms with Crippen molar-refractivity contribution >= 4 is 0 Å². The van der Waals surface area contributed by atoms with Crippen LogP contribution in [0.2, 0.25) is 0 Å². The van der Waals surface area contributed by atoms with E-state index in [2.05, 4.69) is 38.1 Å². The first-order chi connectivity index (χ1) is 7.17. The molecule has 0 aromatic heterocycles. The second-order valence-electron chi connectivity index (χ2n) is 4.31. The normalized spacial score (nSPS) is 13.1. The van der Waals surface area contributed by atoms with Crippen molar-refractivity contribution in [2.75, 3.05) is 0 Å². The van der Waals surface area contributed by atoms with Crippen LogP contribution in [-0.4, -0.2) is 11.2 Å². The molecule has 0 aliphatic carbocycles. The molecule has 0 spiro atoms. The van der Waals surface area contributed by atoms with Gasteiger partial charge in [-0.25, -0.2) is 0 Å². The van der Waals surface area contributed by atoms with Crippen LogP contribution in [0.15, 0.2) is 24.3 Å². The average Bonchev–Trinajstić information content (AvgIpc) is 2.21. The van der Waals surface area contributed by atoms with Gasteiger partial charge in [0.05, 0.1) is 6.10 Å². The molecule has 15 heavy (non-hydrogen) atoms. The average molecular weight is 206 g/mol. The van der Waals surface area contributed by atoms with Gasteiger partial charge in [0.2, 0.25) is 0 Å². The number of benzene rings is 1. The minimum Gasteiger partial charge on any atom is -0.393 e. The summed E-state index contributed by atoms with van der Waals surface area (Å²) in [7, 11) is 0. The maximum Gasteiger partial charge on any atom is 0.0552 e. The van der Waals surface area contributed by atoms with Crippen LogP contribution in [0.3, 0.4) is 0 Å². The first kappa shape index (κ1) is 12.3. The van der Waals surface area contributed by atoms with Crippen LogP contribution >= 0.6 is 0 Å². The third kappa shape index (κ3) is 3.67. The Labute approximate surface area is 93.1 Å². The van der Waals surface area contributed by atoms with Gasteiger partial charge in [-0.2, -0.15) is 0 Å². The molecule has 1 aromatic rings. The standard InChI is InChI=1S/C14H22O/c1-4-13(5-2)14-8-6-12(7-9-14)10-11(3)15/h6-9,11,13,15H,4-5,10H2,1-3H3. The van der Waals surface area contributed by atoms with Crippen molar-refractivity contribution in [3.05, 3.63) is 35.4 Å². The van der Waals surface area contributed by atoms with Crippen LogP contribution in [0.1, 0.15) is 50.7 Å². The van der Waals surface area contributed by atoms with E-state index in [1.807, 2.05) is 6.92 Å². The van der Waals surface area contributed by atoms with Crippen molar-refractivity contribution in [2.45, 2.75) is 52.1 Å². The number of hydrogen-bond acceptors (Lipinski definition) is 1. The lowest BCUT2D eigenvalue weighted by atomic mass is 9.93. The van der Waals surface area contributed by atoms with E-state index in [0.717, 1.165) is 6.42 Å². The molecule has 1 aromatic carbocycles. The monoisotopic (exact) mass is 206 g/mol. The lowest BCUT2D eigenvalue weighted by Gasteiger charge is -2.13. The highest BCUT2D eigenvalue weighted by Crippen LogP contribution is 2.23. The fourth-order valence-electron chi connectivity index (χ4n) is 2.03. The molecule has 0 bridgehead atoms. The molecule has 1 nitrogen and oxygen atoms in total. The highest BCUT2D eigenvalue weighted by atomic mass is 16.3. The van der Waals surface area contributed by atoms with Crippen molar-refractivity contribution in [1.82, 2.24) is 0 Å². The minimum atomic E-state index is -0.246. The Kier molecular flexibility index (Phi) is 4.83. The summed E-state index contributed by atoms with van der Waals surface area (Å²) in [5, 5.41) is 9.28. The van der Waals surface area contributed by atoms with Gasteiger partial charge in [0, 0.05) is 0 Å². The number of rotatable bonds is 5. The Morgan fingerprint density at radius 3 is 2.00 bits per heavy atom. The molecule has 1 rings (SSSR count). The Bertz CT molecular complexity index is 270. The predicted molar refractivity (Wildman–Crippen MR) is 65.1 cm³/mol. The maximum atomic E-state index is 9.28. The highest BCUT2D eigenvalue weighted by molar-refractivity contribution is 5.25. The summed E-state index contributed by atoms with van der Waals surface area (Å²) in [4.78, 5) is 0. The van der Waals surface area contributed by atoms with Crippen molar-refractivity contribution in [1.29, 1.82) is 0 Å². The van der Waals surface area contributed by atoms with Crippen molar-refractivity contribution in [3.63, 3.8) is 0 Å². The van der Waals surface area contributed by atoms with Crippen LogP contribution in [-0.2, 0) is 6.42 Å². The molecular formula is C14H22O. The van der Waals surface area contributed by atoms with Crippen LogP contribution in [0, 0.1) is 0 Å². The number of hydrogen-bond donors (Lipinski definition) is 1. The van der Waals surface area contributed by atoms with Crippen LogP contribution in [0.4, 0.5) is 0 Å². The molecule has 1 unspecified atom stereocenters. The molecule has 0 aliphatic heterocycles. The van der Waals surface area contributed by atoms with E-state index in [1.165, 1.54) is 24.0 Å². The molecule has 1 N–H and O–H groups in total. The van der Waals surface area contributed by atoms with E-state index in [4.69, 9.17) is 0 Å². The molecule has 0 amide bonds. The molecule has 84 valence electrons. The summed E-state index contributed by atoms with van der Waals surface area (Å²) in [6, 6.07) is 8.69. The molecule has 0 saturated heterocycles. The predicted octanol–water partition coefficient (Wildman–Crippen LogP) is 3.51. The first-order valence-corrected chi connectivity index (χ1v) is 5.94.